The molecule has 5 nitrogen and oxygen atoms in total. The number of hydrogen-bond acceptors (Lipinski definition) is 3. The van der Waals surface area contributed by atoms with Gasteiger partial charge in [0, 0.05) is 12.1 Å². The fraction of sp³-hybridized carbons (Fsp3) is 0.176. The van der Waals surface area contributed by atoms with Crippen molar-refractivity contribution in [2.45, 2.75) is 5.54 Å². The van der Waals surface area contributed by atoms with E-state index >= 15 is 0 Å². The van der Waals surface area contributed by atoms with Gasteiger partial charge in [0.15, 0.2) is 0 Å². The molecular weight excluding hydrogens is 278 g/mol. The molecule has 0 saturated carbocycles. The Balaban J connectivity index is 2.32. The van der Waals surface area contributed by atoms with Crippen molar-refractivity contribution in [2.24, 2.45) is 11.5 Å². The first-order valence-corrected chi connectivity index (χ1v) is 6.85. The monoisotopic (exact) mass is 297 g/mol. The summed E-state index contributed by atoms with van der Waals surface area (Å²) < 4.78 is 0. The van der Waals surface area contributed by atoms with E-state index in [1.54, 1.807) is 30.3 Å². The number of nitrogens with zero attached hydrogens (tertiary/aromatic N) is 1. The molecule has 5 heteroatoms. The van der Waals surface area contributed by atoms with Crippen molar-refractivity contribution in [1.82, 2.24) is 4.90 Å². The molecule has 0 spiro atoms. The van der Waals surface area contributed by atoms with Crippen molar-refractivity contribution in [3.63, 3.8) is 0 Å². The summed E-state index contributed by atoms with van der Waals surface area (Å²) in [6.45, 7) is 7.67. The van der Waals surface area contributed by atoms with Crippen LogP contribution in [0.5, 0.6) is 0 Å². The largest absolute Gasteiger partial charge is 0.368 e. The molecule has 1 aromatic rings. The minimum absolute atomic E-state index is 0.000139. The van der Waals surface area contributed by atoms with Crippen molar-refractivity contribution in [1.29, 1.82) is 0 Å². The van der Waals surface area contributed by atoms with E-state index in [1.807, 2.05) is 6.07 Å². The molecule has 0 aliphatic carbocycles. The maximum Gasteiger partial charge on any atom is 0.254 e. The van der Waals surface area contributed by atoms with E-state index < -0.39 is 11.4 Å². The summed E-state index contributed by atoms with van der Waals surface area (Å²) in [6, 6.07) is 8.81. The van der Waals surface area contributed by atoms with Gasteiger partial charge in [0.1, 0.15) is 5.54 Å². The molecule has 114 valence electrons. The fourth-order valence-electron chi connectivity index (χ4n) is 2.54. The Labute approximate surface area is 129 Å². The number of carbonyl (C=O) groups is 2. The van der Waals surface area contributed by atoms with Crippen molar-refractivity contribution in [3.05, 3.63) is 72.4 Å². The molecule has 4 N–H and O–H groups in total. The van der Waals surface area contributed by atoms with Crippen molar-refractivity contribution in [3.8, 4) is 0 Å². The lowest BCUT2D eigenvalue weighted by atomic mass is 9.89. The highest BCUT2D eigenvalue weighted by Gasteiger charge is 2.39. The van der Waals surface area contributed by atoms with E-state index in [4.69, 9.17) is 11.5 Å². The zero-order chi connectivity index (χ0) is 16.3. The summed E-state index contributed by atoms with van der Waals surface area (Å²) in [5.74, 6) is -0.907. The molecule has 0 radical (unpaired) electrons. The number of amides is 2. The number of benzene rings is 1. The van der Waals surface area contributed by atoms with E-state index in [-0.39, 0.29) is 12.5 Å². The summed E-state index contributed by atoms with van der Waals surface area (Å²) in [7, 11) is 0. The lowest BCUT2D eigenvalue weighted by molar-refractivity contribution is -0.129. The molecule has 0 saturated heterocycles. The number of rotatable bonds is 6. The molecule has 2 amide bonds. The number of nitrogens with two attached hydrogens (primary N) is 2. The zero-order valence-corrected chi connectivity index (χ0v) is 12.3. The lowest BCUT2D eigenvalue weighted by Crippen LogP contribution is -2.56. The minimum Gasteiger partial charge on any atom is -0.368 e. The van der Waals surface area contributed by atoms with Crippen LogP contribution in [0.25, 0.3) is 0 Å². The van der Waals surface area contributed by atoms with E-state index in [0.29, 0.717) is 17.7 Å². The first-order valence-electron chi connectivity index (χ1n) is 6.85. The standard InChI is InChI=1S/C17H19N3O2/c1-3-12-10-20(15(21)14(12)4-2)11-17(19,16(18)22)13-8-6-5-7-9-13/h3-9H,1-2,10-11,19H2,(H2,18,22). The highest BCUT2D eigenvalue weighted by molar-refractivity contribution is 6.00. The molecular formula is C17H19N3O2. The topological polar surface area (TPSA) is 89.4 Å². The van der Waals surface area contributed by atoms with Crippen molar-refractivity contribution >= 4 is 11.8 Å². The molecule has 1 heterocycles. The molecule has 1 aliphatic heterocycles. The number of hydrogen-bond donors (Lipinski definition) is 2. The zero-order valence-electron chi connectivity index (χ0n) is 12.3. The van der Waals surface area contributed by atoms with Crippen LogP contribution in [0.1, 0.15) is 5.56 Å². The maximum atomic E-state index is 12.4. The third kappa shape index (κ3) is 2.58. The van der Waals surface area contributed by atoms with Crippen molar-refractivity contribution < 1.29 is 9.59 Å². The Morgan fingerprint density at radius 2 is 1.91 bits per heavy atom. The van der Waals surface area contributed by atoms with Crippen LogP contribution in [-0.2, 0) is 15.1 Å². The van der Waals surface area contributed by atoms with Crippen molar-refractivity contribution in [2.75, 3.05) is 13.1 Å². The van der Waals surface area contributed by atoms with Crippen LogP contribution < -0.4 is 11.5 Å². The smallest absolute Gasteiger partial charge is 0.254 e. The second-order valence-corrected chi connectivity index (χ2v) is 5.21. The third-order valence-corrected chi connectivity index (χ3v) is 3.84. The van der Waals surface area contributed by atoms with Gasteiger partial charge in [-0.25, -0.2) is 0 Å². The van der Waals surface area contributed by atoms with Gasteiger partial charge in [-0.3, -0.25) is 9.59 Å². The first kappa shape index (κ1) is 15.7. The number of primary amides is 1. The maximum absolute atomic E-state index is 12.4. The third-order valence-electron chi connectivity index (χ3n) is 3.84. The second-order valence-electron chi connectivity index (χ2n) is 5.21. The van der Waals surface area contributed by atoms with Gasteiger partial charge in [0.25, 0.3) is 5.91 Å². The van der Waals surface area contributed by atoms with Gasteiger partial charge in [-0.15, -0.1) is 0 Å². The SMILES string of the molecule is C=CC1=C(C=C)C(=O)N(CC(N)(C(N)=O)c2ccccc2)C1. The Morgan fingerprint density at radius 1 is 1.27 bits per heavy atom. The summed E-state index contributed by atoms with van der Waals surface area (Å²) in [6.07, 6.45) is 3.10. The molecule has 1 unspecified atom stereocenters. The summed E-state index contributed by atoms with van der Waals surface area (Å²) in [4.78, 5) is 25.8. The van der Waals surface area contributed by atoms with E-state index in [1.165, 1.54) is 11.0 Å². The Morgan fingerprint density at radius 3 is 2.36 bits per heavy atom. The minimum atomic E-state index is -1.44. The highest BCUT2D eigenvalue weighted by Crippen LogP contribution is 2.26. The molecule has 22 heavy (non-hydrogen) atoms. The lowest BCUT2D eigenvalue weighted by Gasteiger charge is -2.31. The van der Waals surface area contributed by atoms with Crippen LogP contribution in [0.2, 0.25) is 0 Å². The molecule has 0 bridgehead atoms. The van der Waals surface area contributed by atoms with E-state index in [0.717, 1.165) is 5.57 Å². The van der Waals surface area contributed by atoms with Gasteiger partial charge < -0.3 is 16.4 Å². The van der Waals surface area contributed by atoms with Crippen LogP contribution in [0.4, 0.5) is 0 Å². The second kappa shape index (κ2) is 5.99. The normalized spacial score (nSPS) is 17.3. The molecule has 1 aromatic carbocycles. The summed E-state index contributed by atoms with van der Waals surface area (Å²) in [5.41, 5.74) is 12.1. The molecule has 2 rings (SSSR count). The molecule has 1 atom stereocenters. The highest BCUT2D eigenvalue weighted by atomic mass is 16.2. The van der Waals surface area contributed by atoms with Crippen LogP contribution in [0, 0.1) is 0 Å². The average molecular weight is 297 g/mol. The van der Waals surface area contributed by atoms with E-state index in [9.17, 15) is 9.59 Å². The molecule has 0 aromatic heterocycles. The predicted octanol–water partition coefficient (Wildman–Crippen LogP) is 0.837. The fourth-order valence-corrected chi connectivity index (χ4v) is 2.54. The summed E-state index contributed by atoms with van der Waals surface area (Å²) >= 11 is 0. The van der Waals surface area contributed by atoms with Gasteiger partial charge in [0.05, 0.1) is 6.54 Å². The Kier molecular flexibility index (Phi) is 4.28. The van der Waals surface area contributed by atoms with Gasteiger partial charge in [0.2, 0.25) is 5.91 Å². The van der Waals surface area contributed by atoms with Crippen LogP contribution in [-0.4, -0.2) is 29.8 Å². The Bertz CT molecular complexity index is 664. The molecule has 0 fully saturated rings. The van der Waals surface area contributed by atoms with Crippen LogP contribution in [0.15, 0.2) is 66.8 Å². The first-order chi connectivity index (χ1) is 10.4. The predicted molar refractivity (Wildman–Crippen MR) is 85.5 cm³/mol. The Hall–Kier alpha value is -2.66. The van der Waals surface area contributed by atoms with E-state index in [2.05, 4.69) is 13.2 Å². The van der Waals surface area contributed by atoms with Gasteiger partial charge in [-0.1, -0.05) is 55.6 Å². The average Bonchev–Trinajstić information content (AvgIpc) is 2.83. The summed E-state index contributed by atoms with van der Waals surface area (Å²) in [5, 5.41) is 0. The quantitative estimate of drug-likeness (QED) is 0.815. The van der Waals surface area contributed by atoms with Gasteiger partial charge >= 0.3 is 0 Å². The van der Waals surface area contributed by atoms with Crippen LogP contribution >= 0.6 is 0 Å². The molecule has 1 aliphatic rings. The van der Waals surface area contributed by atoms with Gasteiger partial charge in [-0.05, 0) is 11.1 Å². The van der Waals surface area contributed by atoms with Crippen LogP contribution in [0.3, 0.4) is 0 Å². The van der Waals surface area contributed by atoms with Gasteiger partial charge in [-0.2, -0.15) is 0 Å². The number of carbonyl (C=O) groups excluding carboxylic acids is 2.